The lowest BCUT2D eigenvalue weighted by molar-refractivity contribution is -0.384. The monoisotopic (exact) mass is 366 g/mol. The SMILES string of the molecule is O=[N+]([O-])c1ccc(-c2ccc(CNCC3(O)CCOCC3)o2)c(Cl)c1. The first-order chi connectivity index (χ1) is 12.0. The van der Waals surface area contributed by atoms with E-state index in [1.54, 1.807) is 12.1 Å². The number of nitrogens with zero attached hydrogens (tertiary/aromatic N) is 1. The third-order valence-electron chi connectivity index (χ3n) is 4.27. The first-order valence-electron chi connectivity index (χ1n) is 8.01. The maximum absolute atomic E-state index is 10.8. The molecule has 0 bridgehead atoms. The minimum absolute atomic E-state index is 0.0631. The Morgan fingerprint density at radius 1 is 1.28 bits per heavy atom. The van der Waals surface area contributed by atoms with E-state index in [1.165, 1.54) is 12.1 Å². The zero-order valence-electron chi connectivity index (χ0n) is 13.5. The van der Waals surface area contributed by atoms with E-state index in [-0.39, 0.29) is 10.7 Å². The van der Waals surface area contributed by atoms with Gasteiger partial charge in [-0.3, -0.25) is 10.1 Å². The van der Waals surface area contributed by atoms with Crippen LogP contribution in [0.2, 0.25) is 5.02 Å². The van der Waals surface area contributed by atoms with Gasteiger partial charge in [-0.2, -0.15) is 0 Å². The lowest BCUT2D eigenvalue weighted by Crippen LogP contribution is -2.44. The molecule has 0 radical (unpaired) electrons. The summed E-state index contributed by atoms with van der Waals surface area (Å²) in [5, 5.41) is 24.6. The molecule has 1 aliphatic rings. The van der Waals surface area contributed by atoms with Gasteiger partial charge in [0, 0.05) is 50.3 Å². The van der Waals surface area contributed by atoms with Crippen LogP contribution in [-0.4, -0.2) is 35.4 Å². The molecule has 0 atom stereocenters. The van der Waals surface area contributed by atoms with Crippen LogP contribution in [0.25, 0.3) is 11.3 Å². The lowest BCUT2D eigenvalue weighted by atomic mass is 9.94. The number of rotatable bonds is 6. The highest BCUT2D eigenvalue weighted by molar-refractivity contribution is 6.33. The van der Waals surface area contributed by atoms with Crippen LogP contribution >= 0.6 is 11.6 Å². The molecule has 3 rings (SSSR count). The second-order valence-electron chi connectivity index (χ2n) is 6.13. The molecule has 1 aromatic heterocycles. The van der Waals surface area contributed by atoms with E-state index in [0.29, 0.717) is 56.2 Å². The van der Waals surface area contributed by atoms with Crippen molar-refractivity contribution in [2.75, 3.05) is 19.8 Å². The summed E-state index contributed by atoms with van der Waals surface area (Å²) < 4.78 is 11.0. The molecular weight excluding hydrogens is 348 g/mol. The van der Waals surface area contributed by atoms with Gasteiger partial charge >= 0.3 is 0 Å². The highest BCUT2D eigenvalue weighted by Gasteiger charge is 2.29. The zero-order chi connectivity index (χ0) is 17.9. The van der Waals surface area contributed by atoms with Gasteiger partial charge in [0.1, 0.15) is 11.5 Å². The lowest BCUT2D eigenvalue weighted by Gasteiger charge is -2.32. The Bertz CT molecular complexity index is 755. The van der Waals surface area contributed by atoms with Gasteiger partial charge in [-0.05, 0) is 18.2 Å². The maximum atomic E-state index is 10.8. The molecular formula is C17H19ClN2O5. The minimum Gasteiger partial charge on any atom is -0.460 e. The fourth-order valence-corrected chi connectivity index (χ4v) is 3.05. The number of ether oxygens (including phenoxy) is 1. The molecule has 1 saturated heterocycles. The Labute approximate surface area is 149 Å². The summed E-state index contributed by atoms with van der Waals surface area (Å²) >= 11 is 6.12. The first-order valence-corrected chi connectivity index (χ1v) is 8.38. The maximum Gasteiger partial charge on any atom is 0.270 e. The molecule has 134 valence electrons. The Morgan fingerprint density at radius 2 is 2.04 bits per heavy atom. The molecule has 1 fully saturated rings. The number of halogens is 1. The molecule has 8 heteroatoms. The fourth-order valence-electron chi connectivity index (χ4n) is 2.78. The number of hydrogen-bond donors (Lipinski definition) is 2. The van der Waals surface area contributed by atoms with Gasteiger partial charge in [0.15, 0.2) is 0 Å². The largest absolute Gasteiger partial charge is 0.460 e. The Balaban J connectivity index is 1.61. The molecule has 0 unspecified atom stereocenters. The van der Waals surface area contributed by atoms with Gasteiger partial charge in [0.05, 0.1) is 22.1 Å². The van der Waals surface area contributed by atoms with E-state index in [9.17, 15) is 15.2 Å². The van der Waals surface area contributed by atoms with E-state index >= 15 is 0 Å². The zero-order valence-corrected chi connectivity index (χ0v) is 14.3. The quantitative estimate of drug-likeness (QED) is 0.602. The number of non-ortho nitro benzene ring substituents is 1. The van der Waals surface area contributed by atoms with Crippen molar-refractivity contribution in [3.63, 3.8) is 0 Å². The molecule has 0 saturated carbocycles. The third kappa shape index (κ3) is 4.38. The van der Waals surface area contributed by atoms with Gasteiger partial charge in [-0.25, -0.2) is 0 Å². The summed E-state index contributed by atoms with van der Waals surface area (Å²) in [7, 11) is 0. The minimum atomic E-state index is -0.741. The number of nitrogens with one attached hydrogen (secondary N) is 1. The first kappa shape index (κ1) is 17.9. The molecule has 0 amide bonds. The van der Waals surface area contributed by atoms with Crippen LogP contribution in [-0.2, 0) is 11.3 Å². The van der Waals surface area contributed by atoms with Gasteiger partial charge in [0.25, 0.3) is 5.69 Å². The third-order valence-corrected chi connectivity index (χ3v) is 4.58. The summed E-state index contributed by atoms with van der Waals surface area (Å²) in [6.07, 6.45) is 1.23. The number of benzene rings is 1. The molecule has 0 aliphatic carbocycles. The summed E-state index contributed by atoms with van der Waals surface area (Å²) in [5.41, 5.74) is -0.205. The number of nitro benzene ring substituents is 1. The number of aliphatic hydroxyl groups is 1. The van der Waals surface area contributed by atoms with Gasteiger partial charge in [-0.1, -0.05) is 11.6 Å². The van der Waals surface area contributed by atoms with Crippen LogP contribution in [0.5, 0.6) is 0 Å². The van der Waals surface area contributed by atoms with Crippen LogP contribution in [0, 0.1) is 10.1 Å². The summed E-state index contributed by atoms with van der Waals surface area (Å²) in [4.78, 5) is 10.3. The molecule has 7 nitrogen and oxygen atoms in total. The normalized spacial score (nSPS) is 16.7. The van der Waals surface area contributed by atoms with Crippen molar-refractivity contribution in [3.05, 3.63) is 51.2 Å². The van der Waals surface area contributed by atoms with Crippen molar-refractivity contribution < 1.29 is 19.2 Å². The molecule has 2 heterocycles. The van der Waals surface area contributed by atoms with Crippen LogP contribution in [0.3, 0.4) is 0 Å². The second kappa shape index (κ2) is 7.53. The molecule has 1 aromatic carbocycles. The Hall–Kier alpha value is -1.93. The van der Waals surface area contributed by atoms with Crippen molar-refractivity contribution in [2.45, 2.75) is 25.0 Å². The van der Waals surface area contributed by atoms with Crippen LogP contribution in [0.4, 0.5) is 5.69 Å². The second-order valence-corrected chi connectivity index (χ2v) is 6.53. The van der Waals surface area contributed by atoms with Crippen molar-refractivity contribution >= 4 is 17.3 Å². The van der Waals surface area contributed by atoms with Gasteiger partial charge < -0.3 is 19.6 Å². The average molecular weight is 367 g/mol. The topological polar surface area (TPSA) is 97.8 Å². The molecule has 0 spiro atoms. The molecule has 2 aromatic rings. The van der Waals surface area contributed by atoms with Crippen molar-refractivity contribution in [2.24, 2.45) is 0 Å². The molecule has 25 heavy (non-hydrogen) atoms. The predicted octanol–water partition coefficient (Wildman–Crippen LogP) is 3.14. The van der Waals surface area contributed by atoms with E-state index in [1.807, 2.05) is 6.07 Å². The van der Waals surface area contributed by atoms with Crippen molar-refractivity contribution in [1.82, 2.24) is 5.32 Å². The highest BCUT2D eigenvalue weighted by Crippen LogP contribution is 2.32. The number of furan rings is 1. The number of nitro groups is 1. The smallest absolute Gasteiger partial charge is 0.270 e. The van der Waals surface area contributed by atoms with Crippen LogP contribution < -0.4 is 5.32 Å². The fraction of sp³-hybridized carbons (Fsp3) is 0.412. The van der Waals surface area contributed by atoms with E-state index in [0.717, 1.165) is 0 Å². The van der Waals surface area contributed by atoms with Crippen LogP contribution in [0.1, 0.15) is 18.6 Å². The van der Waals surface area contributed by atoms with Crippen molar-refractivity contribution in [1.29, 1.82) is 0 Å². The predicted molar refractivity (Wildman–Crippen MR) is 92.5 cm³/mol. The van der Waals surface area contributed by atoms with Gasteiger partial charge in [0.2, 0.25) is 0 Å². The van der Waals surface area contributed by atoms with Gasteiger partial charge in [-0.15, -0.1) is 0 Å². The Morgan fingerprint density at radius 3 is 2.72 bits per heavy atom. The summed E-state index contributed by atoms with van der Waals surface area (Å²) in [6, 6.07) is 7.85. The average Bonchev–Trinajstić information content (AvgIpc) is 3.03. The summed E-state index contributed by atoms with van der Waals surface area (Å²) in [6.45, 7) is 2.07. The van der Waals surface area contributed by atoms with Crippen molar-refractivity contribution in [3.8, 4) is 11.3 Å². The van der Waals surface area contributed by atoms with E-state index in [2.05, 4.69) is 5.32 Å². The standard InChI is InChI=1S/C17H19ClN2O5/c18-15-9-12(20(22)23)1-3-14(15)16-4-2-13(25-16)10-19-11-17(21)5-7-24-8-6-17/h1-4,9,19,21H,5-8,10-11H2. The number of hydrogen-bond acceptors (Lipinski definition) is 6. The summed E-state index contributed by atoms with van der Waals surface area (Å²) in [5.74, 6) is 1.24. The highest BCUT2D eigenvalue weighted by atomic mass is 35.5. The van der Waals surface area contributed by atoms with Crippen LogP contribution in [0.15, 0.2) is 34.7 Å². The van der Waals surface area contributed by atoms with E-state index < -0.39 is 10.5 Å². The Kier molecular flexibility index (Phi) is 5.39. The molecule has 2 N–H and O–H groups in total. The van der Waals surface area contributed by atoms with E-state index in [4.69, 9.17) is 20.8 Å². The molecule has 1 aliphatic heterocycles.